The molecular formula is C16H11F2N3OS. The molecule has 1 heterocycles. The van der Waals surface area contributed by atoms with Crippen molar-refractivity contribution in [2.45, 2.75) is 0 Å². The molecule has 0 atom stereocenters. The van der Waals surface area contributed by atoms with E-state index in [1.54, 1.807) is 24.3 Å². The summed E-state index contributed by atoms with van der Waals surface area (Å²) in [4.78, 5) is 11.0. The highest BCUT2D eigenvalue weighted by atomic mass is 32.2. The third-order valence-corrected chi connectivity index (χ3v) is 3.93. The Kier molecular flexibility index (Phi) is 4.47. The summed E-state index contributed by atoms with van der Waals surface area (Å²) in [7, 11) is 0. The van der Waals surface area contributed by atoms with E-state index in [4.69, 9.17) is 0 Å². The fourth-order valence-electron chi connectivity index (χ4n) is 2.04. The van der Waals surface area contributed by atoms with E-state index in [9.17, 15) is 13.6 Å². The quantitative estimate of drug-likeness (QED) is 0.694. The monoisotopic (exact) mass is 331 g/mol. The lowest BCUT2D eigenvalue weighted by Gasteiger charge is -2.04. The second kappa shape index (κ2) is 6.70. The smallest absolute Gasteiger partial charge is 0.236 e. The number of hydrogen-bond acceptors (Lipinski definition) is 4. The van der Waals surface area contributed by atoms with Crippen molar-refractivity contribution in [1.82, 2.24) is 5.32 Å². The van der Waals surface area contributed by atoms with E-state index in [0.717, 1.165) is 6.07 Å². The number of benzene rings is 2. The molecule has 7 heteroatoms. The summed E-state index contributed by atoms with van der Waals surface area (Å²) in [6.45, 7) is 0. The lowest BCUT2D eigenvalue weighted by Crippen LogP contribution is -2.19. The highest BCUT2D eigenvalue weighted by Crippen LogP contribution is 2.24. The van der Waals surface area contributed by atoms with Gasteiger partial charge in [0.15, 0.2) is 5.17 Å². The fraction of sp³-hybridized carbons (Fsp3) is 0.0625. The average molecular weight is 331 g/mol. The van der Waals surface area contributed by atoms with Crippen molar-refractivity contribution in [2.24, 2.45) is 10.2 Å². The summed E-state index contributed by atoms with van der Waals surface area (Å²) in [5.41, 5.74) is 1.64. The minimum Gasteiger partial charge on any atom is -0.303 e. The second-order valence-electron chi connectivity index (χ2n) is 4.74. The molecule has 1 aliphatic rings. The topological polar surface area (TPSA) is 53.8 Å². The van der Waals surface area contributed by atoms with Crippen molar-refractivity contribution in [3.63, 3.8) is 0 Å². The van der Waals surface area contributed by atoms with Crippen LogP contribution in [0.2, 0.25) is 0 Å². The molecule has 3 rings (SSSR count). The first-order valence-electron chi connectivity index (χ1n) is 6.71. The Bertz CT molecular complexity index is 821. The Morgan fingerprint density at radius 2 is 2.04 bits per heavy atom. The van der Waals surface area contributed by atoms with E-state index in [1.807, 2.05) is 0 Å². The number of nitrogens with one attached hydrogen (secondary N) is 1. The third-order valence-electron chi connectivity index (χ3n) is 3.07. The minimum atomic E-state index is -0.621. The van der Waals surface area contributed by atoms with Crippen molar-refractivity contribution in [3.8, 4) is 11.1 Å². The van der Waals surface area contributed by atoms with Gasteiger partial charge in [-0.2, -0.15) is 5.10 Å². The van der Waals surface area contributed by atoms with Crippen LogP contribution >= 0.6 is 11.8 Å². The first-order valence-corrected chi connectivity index (χ1v) is 7.69. The number of rotatable bonds is 3. The van der Waals surface area contributed by atoms with Gasteiger partial charge in [0.1, 0.15) is 11.6 Å². The first-order chi connectivity index (χ1) is 11.1. The molecule has 0 unspecified atom stereocenters. The van der Waals surface area contributed by atoms with Crippen molar-refractivity contribution >= 4 is 29.1 Å². The Morgan fingerprint density at radius 1 is 1.17 bits per heavy atom. The van der Waals surface area contributed by atoms with Gasteiger partial charge in [0.05, 0.1) is 12.0 Å². The number of carbonyl (C=O) groups excluding carboxylic acids is 1. The molecule has 1 fully saturated rings. The van der Waals surface area contributed by atoms with E-state index < -0.39 is 11.6 Å². The summed E-state index contributed by atoms with van der Waals surface area (Å²) < 4.78 is 26.8. The van der Waals surface area contributed by atoms with Gasteiger partial charge >= 0.3 is 0 Å². The zero-order valence-corrected chi connectivity index (χ0v) is 12.6. The molecular weight excluding hydrogens is 320 g/mol. The maximum absolute atomic E-state index is 13.8. The van der Waals surface area contributed by atoms with E-state index >= 15 is 0 Å². The Morgan fingerprint density at radius 3 is 2.78 bits per heavy atom. The average Bonchev–Trinajstić information content (AvgIpc) is 2.93. The van der Waals surface area contributed by atoms with Crippen LogP contribution in [0.15, 0.2) is 52.7 Å². The van der Waals surface area contributed by atoms with Crippen LogP contribution in [0.1, 0.15) is 5.56 Å². The molecule has 1 saturated heterocycles. The van der Waals surface area contributed by atoms with Gasteiger partial charge in [-0.3, -0.25) is 4.79 Å². The van der Waals surface area contributed by atoms with Crippen molar-refractivity contribution < 1.29 is 13.6 Å². The number of halogens is 2. The van der Waals surface area contributed by atoms with Crippen LogP contribution in [-0.2, 0) is 4.79 Å². The molecule has 23 heavy (non-hydrogen) atoms. The summed E-state index contributed by atoms with van der Waals surface area (Å²) in [5, 5.41) is 10.8. The normalized spacial score (nSPS) is 16.3. The van der Waals surface area contributed by atoms with Crippen LogP contribution in [0.25, 0.3) is 11.1 Å². The van der Waals surface area contributed by atoms with E-state index in [1.165, 1.54) is 30.1 Å². The molecule has 2 aromatic rings. The number of amides is 1. The molecule has 1 N–H and O–H groups in total. The standard InChI is InChI=1S/C16H11F2N3OS/c17-12-4-5-13(14(18)7-12)11-3-1-2-10(6-11)8-19-21-16-20-15(22)9-23-16/h1-8H,9H2,(H,20,21,22). The van der Waals surface area contributed by atoms with Crippen LogP contribution in [-0.4, -0.2) is 23.0 Å². The number of hydrogen-bond donors (Lipinski definition) is 1. The molecule has 4 nitrogen and oxygen atoms in total. The number of amidine groups is 1. The van der Waals surface area contributed by atoms with Crippen molar-refractivity contribution in [2.75, 3.05) is 5.75 Å². The van der Waals surface area contributed by atoms with E-state index in [2.05, 4.69) is 15.5 Å². The van der Waals surface area contributed by atoms with Crippen LogP contribution in [0.3, 0.4) is 0 Å². The highest BCUT2D eigenvalue weighted by Gasteiger charge is 2.15. The second-order valence-corrected chi connectivity index (χ2v) is 5.70. The molecule has 0 aliphatic carbocycles. The summed E-state index contributed by atoms with van der Waals surface area (Å²) in [6.07, 6.45) is 1.50. The fourth-order valence-corrected chi connectivity index (χ4v) is 2.67. The van der Waals surface area contributed by atoms with Gasteiger partial charge in [0.25, 0.3) is 0 Å². The van der Waals surface area contributed by atoms with Gasteiger partial charge < -0.3 is 5.32 Å². The largest absolute Gasteiger partial charge is 0.303 e. The molecule has 1 amide bonds. The van der Waals surface area contributed by atoms with Gasteiger partial charge in [-0.15, -0.1) is 5.10 Å². The van der Waals surface area contributed by atoms with Crippen LogP contribution in [0.4, 0.5) is 8.78 Å². The lowest BCUT2D eigenvalue weighted by molar-refractivity contribution is -0.116. The number of thioether (sulfide) groups is 1. The van der Waals surface area contributed by atoms with Gasteiger partial charge in [-0.1, -0.05) is 30.0 Å². The molecule has 0 spiro atoms. The SMILES string of the molecule is O=C1CSC(=NN=Cc2cccc(-c3ccc(F)cc3F)c2)N1. The van der Waals surface area contributed by atoms with Crippen molar-refractivity contribution in [3.05, 3.63) is 59.7 Å². The van der Waals surface area contributed by atoms with E-state index in [-0.39, 0.29) is 5.91 Å². The summed E-state index contributed by atoms with van der Waals surface area (Å²) >= 11 is 1.28. The van der Waals surface area contributed by atoms with Gasteiger partial charge in [-0.25, -0.2) is 8.78 Å². The third kappa shape index (κ3) is 3.81. The number of nitrogens with zero attached hydrogens (tertiary/aromatic N) is 2. The Labute approximate surface area is 135 Å². The highest BCUT2D eigenvalue weighted by molar-refractivity contribution is 8.15. The summed E-state index contributed by atoms with van der Waals surface area (Å²) in [5.74, 6) is -0.994. The van der Waals surface area contributed by atoms with Crippen LogP contribution in [0, 0.1) is 11.6 Å². The molecule has 116 valence electrons. The maximum Gasteiger partial charge on any atom is 0.236 e. The number of carbonyl (C=O) groups is 1. The van der Waals surface area contributed by atoms with Gasteiger partial charge in [-0.05, 0) is 29.3 Å². The Balaban J connectivity index is 1.81. The summed E-state index contributed by atoms with van der Waals surface area (Å²) in [6, 6.07) is 10.4. The molecule has 0 aromatic heterocycles. The van der Waals surface area contributed by atoms with E-state index in [0.29, 0.717) is 27.6 Å². The zero-order valence-electron chi connectivity index (χ0n) is 11.8. The first kappa shape index (κ1) is 15.4. The molecule has 0 radical (unpaired) electrons. The maximum atomic E-state index is 13.8. The predicted molar refractivity (Wildman–Crippen MR) is 87.4 cm³/mol. The molecule has 0 saturated carbocycles. The lowest BCUT2D eigenvalue weighted by atomic mass is 10.0. The van der Waals surface area contributed by atoms with Gasteiger partial charge in [0, 0.05) is 11.6 Å². The zero-order chi connectivity index (χ0) is 16.2. The molecule has 0 bridgehead atoms. The Hall–Kier alpha value is -2.54. The van der Waals surface area contributed by atoms with Crippen LogP contribution < -0.4 is 5.32 Å². The minimum absolute atomic E-state index is 0.0993. The van der Waals surface area contributed by atoms with Crippen molar-refractivity contribution in [1.29, 1.82) is 0 Å². The van der Waals surface area contributed by atoms with Gasteiger partial charge in [0.2, 0.25) is 5.91 Å². The molecule has 2 aromatic carbocycles. The predicted octanol–water partition coefficient (Wildman–Crippen LogP) is 3.18. The van der Waals surface area contributed by atoms with Crippen LogP contribution in [0.5, 0.6) is 0 Å². The molecule has 1 aliphatic heterocycles.